The van der Waals surface area contributed by atoms with Crippen LogP contribution in [0.4, 0.5) is 13.2 Å². The first-order valence-corrected chi connectivity index (χ1v) is 6.93. The molecule has 0 aromatic heterocycles. The van der Waals surface area contributed by atoms with Crippen molar-refractivity contribution >= 4 is 0 Å². The van der Waals surface area contributed by atoms with E-state index >= 15 is 0 Å². The summed E-state index contributed by atoms with van der Waals surface area (Å²) in [5, 5.41) is 13.1. The first-order valence-electron chi connectivity index (χ1n) is 6.93. The summed E-state index contributed by atoms with van der Waals surface area (Å²) in [7, 11) is 0. The molecule has 0 aliphatic heterocycles. The van der Waals surface area contributed by atoms with Gasteiger partial charge in [-0.3, -0.25) is 0 Å². The Morgan fingerprint density at radius 1 is 1.30 bits per heavy atom. The zero-order chi connectivity index (χ0) is 15.2. The minimum absolute atomic E-state index is 0.246. The molecule has 0 bridgehead atoms. The third-order valence-electron chi connectivity index (χ3n) is 3.25. The van der Waals surface area contributed by atoms with Gasteiger partial charge in [-0.15, -0.1) is 0 Å². The molecule has 0 saturated carbocycles. The van der Waals surface area contributed by atoms with Crippen LogP contribution in [0, 0.1) is 0 Å². The number of nitrogens with one attached hydrogen (secondary N) is 1. The highest BCUT2D eigenvalue weighted by atomic mass is 19.4. The number of benzene rings is 1. The van der Waals surface area contributed by atoms with Crippen molar-refractivity contribution in [3.05, 3.63) is 35.4 Å². The number of hydrogen-bond donors (Lipinski definition) is 2. The van der Waals surface area contributed by atoms with Gasteiger partial charge in [0.25, 0.3) is 0 Å². The van der Waals surface area contributed by atoms with Crippen LogP contribution in [0.1, 0.15) is 50.3 Å². The number of hydrogen-bond acceptors (Lipinski definition) is 2. The van der Waals surface area contributed by atoms with Crippen LogP contribution < -0.4 is 5.32 Å². The molecule has 1 aromatic rings. The lowest BCUT2D eigenvalue weighted by atomic mass is 10.0. The van der Waals surface area contributed by atoms with Gasteiger partial charge >= 0.3 is 6.18 Å². The summed E-state index contributed by atoms with van der Waals surface area (Å²) < 4.78 is 37.8. The molecule has 0 fully saturated rings. The van der Waals surface area contributed by atoms with Crippen molar-refractivity contribution in [2.75, 3.05) is 6.54 Å². The molecule has 0 radical (unpaired) electrons. The highest BCUT2D eigenvalue weighted by molar-refractivity contribution is 5.27. The van der Waals surface area contributed by atoms with Gasteiger partial charge < -0.3 is 10.4 Å². The zero-order valence-electron chi connectivity index (χ0n) is 11.9. The number of aliphatic hydroxyl groups excluding tert-OH is 1. The molecule has 0 amide bonds. The summed E-state index contributed by atoms with van der Waals surface area (Å²) in [5.74, 6) is 0. The van der Waals surface area contributed by atoms with E-state index in [4.69, 9.17) is 0 Å². The van der Waals surface area contributed by atoms with Gasteiger partial charge in [-0.05, 0) is 31.0 Å². The number of aliphatic hydroxyl groups is 1. The molecular weight excluding hydrogens is 267 g/mol. The van der Waals surface area contributed by atoms with Gasteiger partial charge in [0.2, 0.25) is 0 Å². The van der Waals surface area contributed by atoms with Gasteiger partial charge in [0.1, 0.15) is 0 Å². The quantitative estimate of drug-likeness (QED) is 0.797. The average molecular weight is 289 g/mol. The molecule has 2 unspecified atom stereocenters. The lowest BCUT2D eigenvalue weighted by molar-refractivity contribution is -0.137. The second kappa shape index (κ2) is 7.64. The van der Waals surface area contributed by atoms with Crippen LogP contribution >= 0.6 is 0 Å². The maximum Gasteiger partial charge on any atom is 0.416 e. The van der Waals surface area contributed by atoms with E-state index in [1.165, 1.54) is 12.1 Å². The van der Waals surface area contributed by atoms with Crippen molar-refractivity contribution in [2.45, 2.75) is 51.4 Å². The van der Waals surface area contributed by atoms with Crippen LogP contribution in [0.3, 0.4) is 0 Å². The van der Waals surface area contributed by atoms with E-state index in [2.05, 4.69) is 12.2 Å². The smallest absolute Gasteiger partial charge is 0.387 e. The van der Waals surface area contributed by atoms with E-state index in [1.807, 2.05) is 6.92 Å². The Morgan fingerprint density at radius 3 is 2.60 bits per heavy atom. The van der Waals surface area contributed by atoms with Crippen molar-refractivity contribution in [1.29, 1.82) is 0 Å². The van der Waals surface area contributed by atoms with Gasteiger partial charge in [0.05, 0.1) is 11.7 Å². The van der Waals surface area contributed by atoms with Gasteiger partial charge in [-0.25, -0.2) is 0 Å². The van der Waals surface area contributed by atoms with Crippen molar-refractivity contribution in [1.82, 2.24) is 5.32 Å². The van der Waals surface area contributed by atoms with E-state index < -0.39 is 17.8 Å². The third-order valence-corrected chi connectivity index (χ3v) is 3.25. The molecular formula is C15H22F3NO. The molecule has 20 heavy (non-hydrogen) atoms. The molecule has 1 aromatic carbocycles. The predicted molar refractivity (Wildman–Crippen MR) is 73.4 cm³/mol. The maximum atomic E-state index is 12.6. The largest absolute Gasteiger partial charge is 0.416 e. The molecule has 0 heterocycles. The second-order valence-corrected chi connectivity index (χ2v) is 5.09. The Hall–Kier alpha value is -1.07. The number of alkyl halides is 3. The van der Waals surface area contributed by atoms with Crippen LogP contribution in [-0.2, 0) is 6.18 Å². The molecule has 0 spiro atoms. The summed E-state index contributed by atoms with van der Waals surface area (Å²) in [5.41, 5.74) is -0.442. The lowest BCUT2D eigenvalue weighted by Gasteiger charge is -2.18. The van der Waals surface area contributed by atoms with Crippen LogP contribution in [0.2, 0.25) is 0 Å². The Kier molecular flexibility index (Phi) is 6.49. The predicted octanol–water partition coefficient (Wildman–Crippen LogP) is 3.91. The van der Waals surface area contributed by atoms with Crippen molar-refractivity contribution in [2.24, 2.45) is 0 Å². The fraction of sp³-hybridized carbons (Fsp3) is 0.600. The van der Waals surface area contributed by atoms with Gasteiger partial charge in [-0.2, -0.15) is 13.2 Å². The summed E-state index contributed by atoms with van der Waals surface area (Å²) >= 11 is 0. The summed E-state index contributed by atoms with van der Waals surface area (Å²) in [6.07, 6.45) is -2.12. The highest BCUT2D eigenvalue weighted by Gasteiger charge is 2.30. The van der Waals surface area contributed by atoms with Gasteiger partial charge in [0.15, 0.2) is 0 Å². The van der Waals surface area contributed by atoms with Crippen molar-refractivity contribution in [3.8, 4) is 0 Å². The first-order chi connectivity index (χ1) is 9.34. The SMILES string of the molecule is CCCCC(C)NCC(O)c1cccc(C(F)(F)F)c1. The molecule has 1 rings (SSSR count). The molecule has 2 nitrogen and oxygen atoms in total. The number of unbranched alkanes of at least 4 members (excludes halogenated alkanes) is 1. The molecule has 0 saturated heterocycles. The Bertz CT molecular complexity index is 406. The van der Waals surface area contributed by atoms with Crippen LogP contribution in [-0.4, -0.2) is 17.7 Å². The average Bonchev–Trinajstić information content (AvgIpc) is 2.41. The molecule has 114 valence electrons. The molecule has 0 aliphatic rings. The van der Waals surface area contributed by atoms with Crippen molar-refractivity contribution in [3.63, 3.8) is 0 Å². The molecule has 0 aliphatic carbocycles. The lowest BCUT2D eigenvalue weighted by Crippen LogP contribution is -2.30. The third kappa shape index (κ3) is 5.51. The number of rotatable bonds is 7. The van der Waals surface area contributed by atoms with Crippen molar-refractivity contribution < 1.29 is 18.3 Å². The standard InChI is InChI=1S/C15H22F3NO/c1-3-4-6-11(2)19-10-14(20)12-7-5-8-13(9-12)15(16,17)18/h5,7-9,11,14,19-20H,3-4,6,10H2,1-2H3. The monoisotopic (exact) mass is 289 g/mol. The fourth-order valence-electron chi connectivity index (χ4n) is 1.97. The molecule has 5 heteroatoms. The maximum absolute atomic E-state index is 12.6. The first kappa shape index (κ1) is 17.0. The van der Waals surface area contributed by atoms with E-state index in [0.717, 1.165) is 31.4 Å². The second-order valence-electron chi connectivity index (χ2n) is 5.09. The van der Waals surface area contributed by atoms with Crippen LogP contribution in [0.25, 0.3) is 0 Å². The summed E-state index contributed by atoms with van der Waals surface area (Å²) in [6.45, 7) is 4.37. The highest BCUT2D eigenvalue weighted by Crippen LogP contribution is 2.30. The Balaban J connectivity index is 2.57. The van der Waals surface area contributed by atoms with E-state index in [0.29, 0.717) is 0 Å². The van der Waals surface area contributed by atoms with Gasteiger partial charge in [-0.1, -0.05) is 31.9 Å². The topological polar surface area (TPSA) is 32.3 Å². The summed E-state index contributed by atoms with van der Waals surface area (Å²) in [4.78, 5) is 0. The minimum atomic E-state index is -4.38. The fourth-order valence-corrected chi connectivity index (χ4v) is 1.97. The Labute approximate surface area is 118 Å². The van der Waals surface area contributed by atoms with Gasteiger partial charge in [0, 0.05) is 12.6 Å². The zero-order valence-corrected chi connectivity index (χ0v) is 11.9. The Morgan fingerprint density at radius 2 is 2.00 bits per heavy atom. The normalized spacial score (nSPS) is 15.1. The minimum Gasteiger partial charge on any atom is -0.387 e. The van der Waals surface area contributed by atoms with E-state index in [1.54, 1.807) is 0 Å². The number of halogens is 3. The summed E-state index contributed by atoms with van der Waals surface area (Å²) in [6, 6.07) is 5.09. The van der Waals surface area contributed by atoms with Crippen LogP contribution in [0.5, 0.6) is 0 Å². The van der Waals surface area contributed by atoms with Crippen LogP contribution in [0.15, 0.2) is 24.3 Å². The van der Waals surface area contributed by atoms with E-state index in [-0.39, 0.29) is 18.2 Å². The van der Waals surface area contributed by atoms with E-state index in [9.17, 15) is 18.3 Å². The molecule has 2 atom stereocenters. The molecule has 2 N–H and O–H groups in total.